The highest BCUT2D eigenvalue weighted by Gasteiger charge is 2.14. The van der Waals surface area contributed by atoms with Crippen molar-refractivity contribution >= 4 is 63.8 Å². The lowest BCUT2D eigenvalue weighted by atomic mass is 10.2. The van der Waals surface area contributed by atoms with Gasteiger partial charge < -0.3 is 4.42 Å². The number of carbonyl (C=O) groups excluding carboxylic acids is 1. The van der Waals surface area contributed by atoms with E-state index in [-0.39, 0.29) is 5.57 Å². The van der Waals surface area contributed by atoms with Crippen LogP contribution in [0.5, 0.6) is 0 Å². The fraction of sp³-hybridized carbons (Fsp3) is 0.0588. The van der Waals surface area contributed by atoms with Crippen LogP contribution in [0.4, 0.5) is 5.13 Å². The second-order valence-electron chi connectivity index (χ2n) is 4.92. The van der Waals surface area contributed by atoms with Crippen molar-refractivity contribution in [2.45, 2.75) is 15.1 Å². The van der Waals surface area contributed by atoms with Gasteiger partial charge >= 0.3 is 0 Å². The number of nitrogens with one attached hydrogen (secondary N) is 1. The van der Waals surface area contributed by atoms with Crippen LogP contribution in [0.15, 0.2) is 61.5 Å². The molecule has 1 aromatic carbocycles. The quantitative estimate of drug-likeness (QED) is 0.323. The number of amides is 1. The van der Waals surface area contributed by atoms with Crippen molar-refractivity contribution in [1.82, 2.24) is 9.36 Å². The van der Waals surface area contributed by atoms with Gasteiger partial charge in [0, 0.05) is 27.5 Å². The molecule has 0 fully saturated rings. The summed E-state index contributed by atoms with van der Waals surface area (Å²) < 4.78 is 9.72. The summed E-state index contributed by atoms with van der Waals surface area (Å²) in [6, 6.07) is 12.7. The maximum absolute atomic E-state index is 12.2. The van der Waals surface area contributed by atoms with Crippen LogP contribution >= 0.6 is 46.7 Å². The second kappa shape index (κ2) is 9.10. The number of halogens is 1. The first-order valence-corrected chi connectivity index (χ1v) is 10.6. The first kappa shape index (κ1) is 19.5. The minimum atomic E-state index is -0.565. The zero-order chi connectivity index (χ0) is 19.2. The van der Waals surface area contributed by atoms with Gasteiger partial charge in [0.25, 0.3) is 5.91 Å². The number of hydrogen-bond acceptors (Lipinski definition) is 8. The van der Waals surface area contributed by atoms with E-state index in [4.69, 9.17) is 16.0 Å². The predicted molar refractivity (Wildman–Crippen MR) is 108 cm³/mol. The Morgan fingerprint density at radius 2 is 2.11 bits per heavy atom. The molecule has 0 unspecified atom stereocenters. The highest BCUT2D eigenvalue weighted by Crippen LogP contribution is 2.30. The van der Waals surface area contributed by atoms with Crippen LogP contribution in [-0.2, 0) is 4.79 Å². The second-order valence-corrected chi connectivity index (χ2v) is 7.96. The van der Waals surface area contributed by atoms with Gasteiger partial charge in [0.1, 0.15) is 17.4 Å². The number of hydrogen-bond donors (Lipinski definition) is 1. The van der Waals surface area contributed by atoms with E-state index < -0.39 is 5.91 Å². The number of benzene rings is 1. The number of thioether (sulfide) groups is 1. The minimum Gasteiger partial charge on any atom is -0.450 e. The molecule has 3 aromatic rings. The number of anilines is 1. The summed E-state index contributed by atoms with van der Waals surface area (Å²) in [5.74, 6) is -0.162. The van der Waals surface area contributed by atoms with Crippen molar-refractivity contribution in [3.63, 3.8) is 0 Å². The van der Waals surface area contributed by atoms with Gasteiger partial charge in [-0.3, -0.25) is 10.1 Å². The molecule has 136 valence electrons. The van der Waals surface area contributed by atoms with Crippen molar-refractivity contribution in [3.8, 4) is 6.07 Å². The number of rotatable bonds is 6. The van der Waals surface area contributed by atoms with E-state index in [0.29, 0.717) is 26.2 Å². The van der Waals surface area contributed by atoms with E-state index in [9.17, 15) is 10.1 Å². The van der Waals surface area contributed by atoms with Crippen molar-refractivity contribution in [3.05, 3.63) is 52.8 Å². The number of carbonyl (C=O) groups is 1. The van der Waals surface area contributed by atoms with Crippen LogP contribution < -0.4 is 5.32 Å². The fourth-order valence-electron chi connectivity index (χ4n) is 1.88. The van der Waals surface area contributed by atoms with Crippen LogP contribution in [-0.4, -0.2) is 21.5 Å². The zero-order valence-corrected chi connectivity index (χ0v) is 17.0. The molecule has 2 heterocycles. The monoisotopic (exact) mass is 434 g/mol. The summed E-state index contributed by atoms with van der Waals surface area (Å²) in [5.41, 5.74) is -0.0895. The largest absolute Gasteiger partial charge is 0.450 e. The van der Waals surface area contributed by atoms with Gasteiger partial charge in [0.2, 0.25) is 10.3 Å². The molecule has 1 amide bonds. The van der Waals surface area contributed by atoms with Gasteiger partial charge in [-0.2, -0.15) is 14.6 Å². The van der Waals surface area contributed by atoms with Crippen molar-refractivity contribution < 1.29 is 9.21 Å². The summed E-state index contributed by atoms with van der Waals surface area (Å²) >= 11 is 9.71. The minimum absolute atomic E-state index is 0.0895. The Morgan fingerprint density at radius 1 is 1.33 bits per heavy atom. The molecule has 0 aliphatic rings. The lowest BCUT2D eigenvalue weighted by molar-refractivity contribution is -0.112. The molecular weight excluding hydrogens is 424 g/mol. The first-order chi connectivity index (χ1) is 13.1. The van der Waals surface area contributed by atoms with Gasteiger partial charge in [0.05, 0.1) is 0 Å². The van der Waals surface area contributed by atoms with E-state index >= 15 is 0 Å². The van der Waals surface area contributed by atoms with Crippen LogP contribution in [0.1, 0.15) is 5.76 Å². The van der Waals surface area contributed by atoms with Crippen LogP contribution in [0.2, 0.25) is 5.02 Å². The zero-order valence-electron chi connectivity index (χ0n) is 13.8. The molecule has 1 N–H and O–H groups in total. The van der Waals surface area contributed by atoms with E-state index in [1.165, 1.54) is 29.6 Å². The molecule has 0 bridgehead atoms. The van der Waals surface area contributed by atoms with Crippen LogP contribution in [0.25, 0.3) is 6.08 Å². The molecule has 0 spiro atoms. The molecule has 2 aromatic heterocycles. The molecule has 0 aliphatic carbocycles. The summed E-state index contributed by atoms with van der Waals surface area (Å²) in [5, 5.41) is 14.0. The number of aromatic nitrogens is 2. The number of nitrogens with zero attached hydrogens (tertiary/aromatic N) is 3. The lowest BCUT2D eigenvalue weighted by Gasteiger charge is -1.99. The third kappa shape index (κ3) is 5.37. The Balaban J connectivity index is 1.70. The molecule has 6 nitrogen and oxygen atoms in total. The van der Waals surface area contributed by atoms with Crippen LogP contribution in [0, 0.1) is 11.3 Å². The third-order valence-corrected chi connectivity index (χ3v) is 5.57. The third-order valence-electron chi connectivity index (χ3n) is 3.10. The van der Waals surface area contributed by atoms with E-state index in [2.05, 4.69) is 14.7 Å². The average Bonchev–Trinajstić information content (AvgIpc) is 3.30. The molecule has 10 heteroatoms. The molecule has 0 radical (unpaired) electrons. The summed E-state index contributed by atoms with van der Waals surface area (Å²) in [7, 11) is 0. The maximum atomic E-state index is 12.2. The summed E-state index contributed by atoms with van der Waals surface area (Å²) in [6.07, 6.45) is 3.22. The Labute approximate surface area is 172 Å². The smallest absolute Gasteiger partial charge is 0.268 e. The van der Waals surface area contributed by atoms with Gasteiger partial charge in [0.15, 0.2) is 5.09 Å². The molecule has 0 saturated heterocycles. The van der Waals surface area contributed by atoms with Gasteiger partial charge in [-0.15, -0.1) is 0 Å². The van der Waals surface area contributed by atoms with E-state index in [1.807, 2.05) is 24.5 Å². The highest BCUT2D eigenvalue weighted by atomic mass is 35.5. The Bertz CT molecular complexity index is 1020. The van der Waals surface area contributed by atoms with Crippen molar-refractivity contribution in [1.29, 1.82) is 5.26 Å². The maximum Gasteiger partial charge on any atom is 0.268 e. The molecule has 0 aliphatic heterocycles. The predicted octanol–water partition coefficient (Wildman–Crippen LogP) is 5.20. The fourth-order valence-corrected chi connectivity index (χ4v) is 3.91. The van der Waals surface area contributed by atoms with E-state index in [0.717, 1.165) is 16.4 Å². The normalized spacial score (nSPS) is 11.2. The molecule has 3 rings (SSSR count). The molecule has 0 saturated carbocycles. The number of furan rings is 1. The number of nitriles is 1. The van der Waals surface area contributed by atoms with Gasteiger partial charge in [-0.25, -0.2) is 0 Å². The Kier molecular flexibility index (Phi) is 6.58. The first-order valence-electron chi connectivity index (χ1n) is 7.41. The summed E-state index contributed by atoms with van der Waals surface area (Å²) in [4.78, 5) is 17.3. The Morgan fingerprint density at radius 3 is 2.78 bits per heavy atom. The van der Waals surface area contributed by atoms with Crippen molar-refractivity contribution in [2.75, 3.05) is 11.6 Å². The average molecular weight is 435 g/mol. The standard InChI is InChI=1S/C17H11ClN4O2S3/c1-25-17-21-16(27-22-17)20-15(23)10(9-19)8-12-4-7-14(24-12)26-13-5-2-11(18)3-6-13/h2-8H,1H3,(H,20,21,22,23)/b10-8-. The van der Waals surface area contributed by atoms with Gasteiger partial charge in [-0.1, -0.05) is 35.1 Å². The van der Waals surface area contributed by atoms with E-state index in [1.54, 1.807) is 24.3 Å². The van der Waals surface area contributed by atoms with Crippen molar-refractivity contribution in [2.24, 2.45) is 0 Å². The topological polar surface area (TPSA) is 91.8 Å². The molecule has 27 heavy (non-hydrogen) atoms. The molecular formula is C17H11ClN4O2S3. The summed E-state index contributed by atoms with van der Waals surface area (Å²) in [6.45, 7) is 0. The van der Waals surface area contributed by atoms with Crippen LogP contribution in [0.3, 0.4) is 0 Å². The molecule has 0 atom stereocenters. The lowest BCUT2D eigenvalue weighted by Crippen LogP contribution is -2.13. The SMILES string of the molecule is CSc1nsc(NC(=O)/C(C#N)=C\c2ccc(Sc3ccc(Cl)cc3)o2)n1. The highest BCUT2D eigenvalue weighted by molar-refractivity contribution is 7.99. The van der Waals surface area contributed by atoms with Gasteiger partial charge in [-0.05, 0) is 42.7 Å². The Hall–Kier alpha value is -2.25.